The Bertz CT molecular complexity index is 603. The van der Waals surface area contributed by atoms with Crippen molar-refractivity contribution in [2.24, 2.45) is 4.99 Å². The van der Waals surface area contributed by atoms with Crippen LogP contribution in [0, 0.1) is 0 Å². The minimum atomic E-state index is 0.176. The lowest BCUT2D eigenvalue weighted by molar-refractivity contribution is 0.0168. The molecule has 1 aromatic carbocycles. The highest BCUT2D eigenvalue weighted by Gasteiger charge is 2.16. The lowest BCUT2D eigenvalue weighted by Gasteiger charge is -2.24. The topological polar surface area (TPSA) is 67.4 Å². The number of hydrogen-bond acceptors (Lipinski definition) is 5. The fraction of sp³-hybridized carbons (Fsp3) is 0.682. The first kappa shape index (κ1) is 23.4. The van der Waals surface area contributed by atoms with E-state index in [9.17, 15) is 0 Å². The molecule has 2 atom stereocenters. The van der Waals surface area contributed by atoms with Crippen LogP contribution in [0.1, 0.15) is 37.8 Å². The van der Waals surface area contributed by atoms with Crippen molar-refractivity contribution >= 4 is 5.96 Å². The molecule has 164 valence electrons. The van der Waals surface area contributed by atoms with Gasteiger partial charge in [-0.15, -0.1) is 0 Å². The standard InChI is InChI=1S/C22H38N4O3/c1-5-23-22(24-12-8-13-28-17-20-11-7-14-29-20)25-16-21(26(2)3)18-9-6-10-19(15-18)27-4/h6,9-10,15,20-21H,5,7-8,11-14,16-17H2,1-4H3,(H2,23,24,25). The summed E-state index contributed by atoms with van der Waals surface area (Å²) in [7, 11) is 5.84. The summed E-state index contributed by atoms with van der Waals surface area (Å²) in [4.78, 5) is 6.98. The average Bonchev–Trinajstić information content (AvgIpc) is 3.24. The fourth-order valence-corrected chi connectivity index (χ4v) is 3.31. The summed E-state index contributed by atoms with van der Waals surface area (Å²) in [5, 5.41) is 6.72. The van der Waals surface area contributed by atoms with Crippen molar-refractivity contribution in [2.45, 2.75) is 38.3 Å². The maximum atomic E-state index is 5.72. The second-order valence-corrected chi connectivity index (χ2v) is 7.47. The van der Waals surface area contributed by atoms with E-state index in [2.05, 4.69) is 48.7 Å². The van der Waals surface area contributed by atoms with E-state index in [1.165, 1.54) is 5.56 Å². The molecule has 2 rings (SSSR count). The molecule has 0 aromatic heterocycles. The summed E-state index contributed by atoms with van der Waals surface area (Å²) in [5.41, 5.74) is 1.19. The molecule has 1 aliphatic rings. The van der Waals surface area contributed by atoms with Crippen LogP contribution in [0.2, 0.25) is 0 Å². The second-order valence-electron chi connectivity index (χ2n) is 7.47. The van der Waals surface area contributed by atoms with Crippen molar-refractivity contribution in [3.05, 3.63) is 29.8 Å². The molecule has 0 bridgehead atoms. The van der Waals surface area contributed by atoms with E-state index in [0.717, 1.165) is 57.3 Å². The Morgan fingerprint density at radius 3 is 2.90 bits per heavy atom. The molecule has 1 saturated heterocycles. The average molecular weight is 407 g/mol. The summed E-state index contributed by atoms with van der Waals surface area (Å²) in [6.45, 7) is 6.70. The first-order valence-electron chi connectivity index (χ1n) is 10.7. The minimum absolute atomic E-state index is 0.176. The van der Waals surface area contributed by atoms with Crippen LogP contribution >= 0.6 is 0 Å². The van der Waals surface area contributed by atoms with Crippen LogP contribution in [-0.2, 0) is 9.47 Å². The van der Waals surface area contributed by atoms with Crippen LogP contribution in [0.5, 0.6) is 5.75 Å². The Kier molecular flexibility index (Phi) is 10.8. The van der Waals surface area contributed by atoms with Crippen molar-refractivity contribution < 1.29 is 14.2 Å². The molecule has 1 heterocycles. The molecule has 2 unspecified atom stereocenters. The number of aliphatic imine (C=N–C) groups is 1. The predicted molar refractivity (Wildman–Crippen MR) is 118 cm³/mol. The van der Waals surface area contributed by atoms with E-state index in [0.29, 0.717) is 19.3 Å². The number of ether oxygens (including phenoxy) is 3. The van der Waals surface area contributed by atoms with Crippen LogP contribution in [-0.4, -0.2) is 77.6 Å². The molecule has 0 radical (unpaired) electrons. The largest absolute Gasteiger partial charge is 0.497 e. The Morgan fingerprint density at radius 2 is 2.21 bits per heavy atom. The first-order valence-corrected chi connectivity index (χ1v) is 10.7. The van der Waals surface area contributed by atoms with Gasteiger partial charge in [0.2, 0.25) is 0 Å². The van der Waals surface area contributed by atoms with Crippen molar-refractivity contribution in [2.75, 3.05) is 60.7 Å². The number of nitrogens with one attached hydrogen (secondary N) is 2. The zero-order valence-corrected chi connectivity index (χ0v) is 18.4. The van der Waals surface area contributed by atoms with Crippen LogP contribution in [0.15, 0.2) is 29.3 Å². The van der Waals surface area contributed by atoms with Gasteiger partial charge in [-0.3, -0.25) is 4.99 Å². The number of benzene rings is 1. The third-order valence-electron chi connectivity index (χ3n) is 4.95. The highest BCUT2D eigenvalue weighted by Crippen LogP contribution is 2.22. The predicted octanol–water partition coefficient (Wildman–Crippen LogP) is 2.44. The molecular weight excluding hydrogens is 368 g/mol. The first-order chi connectivity index (χ1) is 14.1. The van der Waals surface area contributed by atoms with Gasteiger partial charge in [-0.05, 0) is 58.0 Å². The Hall–Kier alpha value is -1.83. The van der Waals surface area contributed by atoms with E-state index >= 15 is 0 Å². The van der Waals surface area contributed by atoms with Crippen molar-refractivity contribution in [1.82, 2.24) is 15.5 Å². The number of rotatable bonds is 12. The SMILES string of the molecule is CCNC(=NCC(c1cccc(OC)c1)N(C)C)NCCCOCC1CCCO1. The number of nitrogens with zero attached hydrogens (tertiary/aromatic N) is 2. The van der Waals surface area contributed by atoms with Crippen LogP contribution in [0.25, 0.3) is 0 Å². The quantitative estimate of drug-likeness (QED) is 0.316. The highest BCUT2D eigenvalue weighted by atomic mass is 16.5. The van der Waals surface area contributed by atoms with Gasteiger partial charge in [-0.25, -0.2) is 0 Å². The van der Waals surface area contributed by atoms with Crippen LogP contribution in [0.3, 0.4) is 0 Å². The molecule has 0 aliphatic carbocycles. The molecule has 0 saturated carbocycles. The van der Waals surface area contributed by atoms with Gasteiger partial charge < -0.3 is 29.7 Å². The molecule has 29 heavy (non-hydrogen) atoms. The Morgan fingerprint density at radius 1 is 1.34 bits per heavy atom. The molecule has 1 aromatic rings. The monoisotopic (exact) mass is 406 g/mol. The molecule has 7 heteroatoms. The zero-order chi connectivity index (χ0) is 20.9. The summed E-state index contributed by atoms with van der Waals surface area (Å²) in [6, 6.07) is 8.36. The Balaban J connectivity index is 1.80. The summed E-state index contributed by atoms with van der Waals surface area (Å²) < 4.78 is 16.7. The van der Waals surface area contributed by atoms with E-state index in [1.807, 2.05) is 12.1 Å². The fourth-order valence-electron chi connectivity index (χ4n) is 3.31. The van der Waals surface area contributed by atoms with E-state index in [-0.39, 0.29) is 6.04 Å². The Labute approximate surface area is 175 Å². The van der Waals surface area contributed by atoms with Gasteiger partial charge in [0, 0.05) is 26.3 Å². The smallest absolute Gasteiger partial charge is 0.191 e. The molecule has 1 aliphatic heterocycles. The molecule has 2 N–H and O–H groups in total. The lowest BCUT2D eigenvalue weighted by atomic mass is 10.1. The zero-order valence-electron chi connectivity index (χ0n) is 18.4. The lowest BCUT2D eigenvalue weighted by Crippen LogP contribution is -2.39. The maximum absolute atomic E-state index is 5.72. The third-order valence-corrected chi connectivity index (χ3v) is 4.95. The third kappa shape index (κ3) is 8.60. The number of hydrogen-bond donors (Lipinski definition) is 2. The number of methoxy groups -OCH3 is 1. The van der Waals surface area contributed by atoms with Gasteiger partial charge >= 0.3 is 0 Å². The summed E-state index contributed by atoms with van der Waals surface area (Å²) in [6.07, 6.45) is 3.50. The molecule has 0 amide bonds. The van der Waals surface area contributed by atoms with Gasteiger partial charge in [0.25, 0.3) is 0 Å². The maximum Gasteiger partial charge on any atom is 0.191 e. The van der Waals surface area contributed by atoms with Crippen molar-refractivity contribution in [3.8, 4) is 5.75 Å². The van der Waals surface area contributed by atoms with Crippen molar-refractivity contribution in [3.63, 3.8) is 0 Å². The molecule has 0 spiro atoms. The van der Waals surface area contributed by atoms with Gasteiger partial charge in [0.15, 0.2) is 5.96 Å². The summed E-state index contributed by atoms with van der Waals surface area (Å²) >= 11 is 0. The van der Waals surface area contributed by atoms with Crippen molar-refractivity contribution in [1.29, 1.82) is 0 Å². The van der Waals surface area contributed by atoms with E-state index in [1.54, 1.807) is 7.11 Å². The molecular formula is C22H38N4O3. The summed E-state index contributed by atoms with van der Waals surface area (Å²) in [5.74, 6) is 1.70. The van der Waals surface area contributed by atoms with Crippen LogP contribution < -0.4 is 15.4 Å². The number of guanidine groups is 1. The van der Waals surface area contributed by atoms with Gasteiger partial charge in [-0.1, -0.05) is 12.1 Å². The molecule has 7 nitrogen and oxygen atoms in total. The minimum Gasteiger partial charge on any atom is -0.497 e. The second kappa shape index (κ2) is 13.4. The van der Waals surface area contributed by atoms with Crippen LogP contribution in [0.4, 0.5) is 0 Å². The van der Waals surface area contributed by atoms with E-state index < -0.39 is 0 Å². The molecule has 1 fully saturated rings. The van der Waals surface area contributed by atoms with E-state index in [4.69, 9.17) is 19.2 Å². The number of likely N-dealkylation sites (N-methyl/N-ethyl adjacent to an activating group) is 1. The highest BCUT2D eigenvalue weighted by molar-refractivity contribution is 5.79. The van der Waals surface area contributed by atoms with Gasteiger partial charge in [0.1, 0.15) is 5.75 Å². The normalized spacial score (nSPS) is 18.1. The van der Waals surface area contributed by atoms with Gasteiger partial charge in [0.05, 0.1) is 32.4 Å². The van der Waals surface area contributed by atoms with Gasteiger partial charge in [-0.2, -0.15) is 0 Å².